The topological polar surface area (TPSA) is 108 Å². The van der Waals surface area contributed by atoms with Crippen LogP contribution in [0, 0.1) is 0 Å². The van der Waals surface area contributed by atoms with Gasteiger partial charge in [0.2, 0.25) is 11.8 Å². The van der Waals surface area contributed by atoms with Gasteiger partial charge in [0.25, 0.3) is 0 Å². The number of aromatic carboxylic acids is 1. The highest BCUT2D eigenvalue weighted by atomic mass is 16.4. The molecule has 0 radical (unpaired) electrons. The molecule has 0 spiro atoms. The van der Waals surface area contributed by atoms with Crippen LogP contribution in [0.1, 0.15) is 24.2 Å². The number of hydrogen-bond donors (Lipinski definition) is 3. The van der Waals surface area contributed by atoms with Gasteiger partial charge in [-0.25, -0.2) is 4.79 Å². The van der Waals surface area contributed by atoms with Crippen molar-refractivity contribution in [1.29, 1.82) is 0 Å². The number of anilines is 1. The molecule has 1 unspecified atom stereocenters. The molecule has 0 bridgehead atoms. The number of hydrogen-bond acceptors (Lipinski definition) is 4. The first kappa shape index (κ1) is 13.6. The number of nitrogens with zero attached hydrogens (tertiary/aromatic N) is 1. The van der Waals surface area contributed by atoms with Gasteiger partial charge in [0.1, 0.15) is 6.04 Å². The molecule has 0 fully saturated rings. The van der Waals surface area contributed by atoms with Crippen molar-refractivity contribution in [1.82, 2.24) is 10.3 Å². The molecule has 0 saturated heterocycles. The zero-order chi connectivity index (χ0) is 13.7. The highest BCUT2D eigenvalue weighted by molar-refractivity contribution is 6.02. The molecule has 1 rings (SSSR count). The second kappa shape index (κ2) is 5.76. The third-order valence-electron chi connectivity index (χ3n) is 2.12. The van der Waals surface area contributed by atoms with E-state index in [1.807, 2.05) is 0 Å². The van der Waals surface area contributed by atoms with E-state index in [9.17, 15) is 14.4 Å². The third kappa shape index (κ3) is 3.55. The normalized spacial score (nSPS) is 11.4. The molecule has 7 heteroatoms. The van der Waals surface area contributed by atoms with Crippen molar-refractivity contribution in [2.75, 3.05) is 5.32 Å². The largest absolute Gasteiger partial charge is 0.478 e. The van der Waals surface area contributed by atoms with E-state index in [4.69, 9.17) is 5.11 Å². The predicted octanol–water partition coefficient (Wildman–Crippen LogP) is 0.243. The van der Waals surface area contributed by atoms with Crippen molar-refractivity contribution in [3.05, 3.63) is 24.0 Å². The average Bonchev–Trinajstić information content (AvgIpc) is 2.28. The molecule has 18 heavy (non-hydrogen) atoms. The SMILES string of the molecule is CC(=O)NC(C)C(=O)Nc1cnccc1C(=O)O. The number of aromatic nitrogens is 1. The average molecular weight is 251 g/mol. The Hall–Kier alpha value is -2.44. The molecule has 1 aromatic heterocycles. The Bertz CT molecular complexity index is 487. The molecule has 3 N–H and O–H groups in total. The van der Waals surface area contributed by atoms with Crippen LogP contribution < -0.4 is 10.6 Å². The van der Waals surface area contributed by atoms with Crippen LogP contribution in [-0.4, -0.2) is 33.9 Å². The summed E-state index contributed by atoms with van der Waals surface area (Å²) in [6, 6.07) is 0.519. The summed E-state index contributed by atoms with van der Waals surface area (Å²) >= 11 is 0. The van der Waals surface area contributed by atoms with Crippen molar-refractivity contribution >= 4 is 23.5 Å². The van der Waals surface area contributed by atoms with Gasteiger partial charge in [0, 0.05) is 13.1 Å². The maximum atomic E-state index is 11.7. The number of amides is 2. The molecule has 0 aliphatic rings. The maximum absolute atomic E-state index is 11.7. The second-order valence-corrected chi connectivity index (χ2v) is 3.64. The Morgan fingerprint density at radius 3 is 2.61 bits per heavy atom. The van der Waals surface area contributed by atoms with Crippen LogP contribution in [0.2, 0.25) is 0 Å². The first-order chi connectivity index (χ1) is 8.41. The van der Waals surface area contributed by atoms with E-state index in [2.05, 4.69) is 15.6 Å². The van der Waals surface area contributed by atoms with Crippen LogP contribution in [-0.2, 0) is 9.59 Å². The van der Waals surface area contributed by atoms with Gasteiger partial charge in [-0.15, -0.1) is 0 Å². The molecule has 0 aromatic carbocycles. The van der Waals surface area contributed by atoms with Crippen LogP contribution in [0.15, 0.2) is 18.5 Å². The van der Waals surface area contributed by atoms with Gasteiger partial charge in [-0.3, -0.25) is 14.6 Å². The second-order valence-electron chi connectivity index (χ2n) is 3.64. The van der Waals surface area contributed by atoms with Gasteiger partial charge in [-0.2, -0.15) is 0 Å². The molecule has 96 valence electrons. The summed E-state index contributed by atoms with van der Waals surface area (Å²) in [6.07, 6.45) is 2.55. The minimum Gasteiger partial charge on any atom is -0.478 e. The fourth-order valence-electron chi connectivity index (χ4n) is 1.29. The Kier molecular flexibility index (Phi) is 4.36. The molecule has 1 heterocycles. The van der Waals surface area contributed by atoms with E-state index >= 15 is 0 Å². The summed E-state index contributed by atoms with van der Waals surface area (Å²) in [5.74, 6) is -2.03. The first-order valence-electron chi connectivity index (χ1n) is 5.17. The number of carbonyl (C=O) groups excluding carboxylic acids is 2. The molecular weight excluding hydrogens is 238 g/mol. The lowest BCUT2D eigenvalue weighted by molar-refractivity contribution is -0.124. The summed E-state index contributed by atoms with van der Waals surface area (Å²) in [4.78, 5) is 37.1. The van der Waals surface area contributed by atoms with Crippen LogP contribution >= 0.6 is 0 Å². The quantitative estimate of drug-likeness (QED) is 0.710. The summed E-state index contributed by atoms with van der Waals surface area (Å²) in [5.41, 5.74) is 0.0283. The zero-order valence-electron chi connectivity index (χ0n) is 9.93. The molecule has 1 atom stereocenters. The fraction of sp³-hybridized carbons (Fsp3) is 0.273. The van der Waals surface area contributed by atoms with Gasteiger partial charge in [0.15, 0.2) is 0 Å². The molecular formula is C11H13N3O4. The molecule has 0 saturated carbocycles. The number of pyridine rings is 1. The lowest BCUT2D eigenvalue weighted by Crippen LogP contribution is -2.40. The van der Waals surface area contributed by atoms with Crippen LogP contribution in [0.4, 0.5) is 5.69 Å². The molecule has 0 aliphatic heterocycles. The lowest BCUT2D eigenvalue weighted by Gasteiger charge is -2.13. The van der Waals surface area contributed by atoms with E-state index in [-0.39, 0.29) is 17.2 Å². The number of carboxylic acid groups (broad SMARTS) is 1. The van der Waals surface area contributed by atoms with Crippen molar-refractivity contribution in [3.63, 3.8) is 0 Å². The molecule has 0 aliphatic carbocycles. The predicted molar refractivity (Wildman–Crippen MR) is 63.1 cm³/mol. The Balaban J connectivity index is 2.82. The van der Waals surface area contributed by atoms with Gasteiger partial charge in [-0.1, -0.05) is 0 Å². The fourth-order valence-corrected chi connectivity index (χ4v) is 1.29. The van der Waals surface area contributed by atoms with Crippen LogP contribution in [0.5, 0.6) is 0 Å². The molecule has 1 aromatic rings. The molecule has 7 nitrogen and oxygen atoms in total. The van der Waals surface area contributed by atoms with Crippen molar-refractivity contribution in [2.24, 2.45) is 0 Å². The highest BCUT2D eigenvalue weighted by Crippen LogP contribution is 2.13. The van der Waals surface area contributed by atoms with E-state index in [0.717, 1.165) is 0 Å². The van der Waals surface area contributed by atoms with Crippen molar-refractivity contribution < 1.29 is 19.5 Å². The Morgan fingerprint density at radius 1 is 1.39 bits per heavy atom. The van der Waals surface area contributed by atoms with Gasteiger partial charge < -0.3 is 15.7 Å². The minimum atomic E-state index is -1.17. The summed E-state index contributed by atoms with van der Waals surface area (Å²) in [7, 11) is 0. The smallest absolute Gasteiger partial charge is 0.337 e. The number of nitrogens with one attached hydrogen (secondary N) is 2. The summed E-state index contributed by atoms with van der Waals surface area (Å²) < 4.78 is 0. The van der Waals surface area contributed by atoms with E-state index in [1.165, 1.54) is 32.3 Å². The van der Waals surface area contributed by atoms with Crippen molar-refractivity contribution in [2.45, 2.75) is 19.9 Å². The van der Waals surface area contributed by atoms with E-state index < -0.39 is 17.9 Å². The van der Waals surface area contributed by atoms with Gasteiger partial charge in [-0.05, 0) is 13.0 Å². The van der Waals surface area contributed by atoms with Crippen LogP contribution in [0.25, 0.3) is 0 Å². The number of rotatable bonds is 4. The standard InChI is InChI=1S/C11H13N3O4/c1-6(13-7(2)15)10(16)14-9-5-12-4-3-8(9)11(17)18/h3-6H,1-2H3,(H,13,15)(H,14,16)(H,17,18). The Labute approximate surface area is 103 Å². The number of carboxylic acids is 1. The number of carbonyl (C=O) groups is 3. The zero-order valence-corrected chi connectivity index (χ0v) is 9.93. The van der Waals surface area contributed by atoms with Crippen molar-refractivity contribution in [3.8, 4) is 0 Å². The van der Waals surface area contributed by atoms with E-state index in [1.54, 1.807) is 0 Å². The van der Waals surface area contributed by atoms with Gasteiger partial charge in [0.05, 0.1) is 17.4 Å². The Morgan fingerprint density at radius 2 is 2.06 bits per heavy atom. The third-order valence-corrected chi connectivity index (χ3v) is 2.12. The first-order valence-corrected chi connectivity index (χ1v) is 5.17. The van der Waals surface area contributed by atoms with Gasteiger partial charge >= 0.3 is 5.97 Å². The summed E-state index contributed by atoms with van der Waals surface area (Å²) in [6.45, 7) is 2.78. The lowest BCUT2D eigenvalue weighted by atomic mass is 10.2. The summed E-state index contributed by atoms with van der Waals surface area (Å²) in [5, 5.41) is 13.7. The monoisotopic (exact) mass is 251 g/mol. The van der Waals surface area contributed by atoms with E-state index in [0.29, 0.717) is 0 Å². The highest BCUT2D eigenvalue weighted by Gasteiger charge is 2.17. The maximum Gasteiger partial charge on any atom is 0.337 e. The molecule has 2 amide bonds. The minimum absolute atomic E-state index is 0.0617. The van der Waals surface area contributed by atoms with Crippen LogP contribution in [0.3, 0.4) is 0 Å².